The molecule has 1 amide bonds. The van der Waals surface area contributed by atoms with Crippen LogP contribution in [0, 0.1) is 45.3 Å². The minimum atomic E-state index is -0.453. The van der Waals surface area contributed by atoms with Gasteiger partial charge in [0.1, 0.15) is 0 Å². The number of aldehydes is 1. The van der Waals surface area contributed by atoms with Crippen molar-refractivity contribution >= 4 is 39.7 Å². The number of nitriles is 4. The van der Waals surface area contributed by atoms with Crippen molar-refractivity contribution in [3.8, 4) is 74.5 Å². The Morgan fingerprint density at radius 2 is 0.968 bits per heavy atom. The molecule has 0 N–H and O–H groups in total. The van der Waals surface area contributed by atoms with Gasteiger partial charge in [0.2, 0.25) is 0 Å². The number of hydrogen-bond acceptors (Lipinski definition) is 6. The van der Waals surface area contributed by atoms with Crippen LogP contribution in [-0.4, -0.2) is 23.8 Å². The van der Waals surface area contributed by atoms with Crippen LogP contribution in [0.15, 0.2) is 170 Å². The van der Waals surface area contributed by atoms with Gasteiger partial charge in [-0.25, -0.2) is 0 Å². The quantitative estimate of drug-likeness (QED) is 0.140. The molecule has 1 aromatic heterocycles. The number of aromatic nitrogens is 1. The molecule has 0 radical (unpaired) electrons. The first-order valence-electron chi connectivity index (χ1n) is 20.0. The second-order valence-electron chi connectivity index (χ2n) is 14.9. The largest absolute Gasteiger partial charge is 0.310 e. The summed E-state index contributed by atoms with van der Waals surface area (Å²) in [5.74, 6) is -0.453. The molecule has 9 rings (SSSR count). The zero-order valence-corrected chi connectivity index (χ0v) is 33.7. The Labute approximate surface area is 363 Å². The lowest BCUT2D eigenvalue weighted by atomic mass is 9.94. The molecule has 0 aliphatic carbocycles. The summed E-state index contributed by atoms with van der Waals surface area (Å²) in [6.45, 7) is 0. The predicted molar refractivity (Wildman–Crippen MR) is 246 cm³/mol. The van der Waals surface area contributed by atoms with Crippen molar-refractivity contribution in [3.63, 3.8) is 0 Å². The molecule has 1 heterocycles. The van der Waals surface area contributed by atoms with Crippen LogP contribution in [0.4, 0.5) is 5.69 Å². The van der Waals surface area contributed by atoms with E-state index in [0.29, 0.717) is 62.1 Å². The molecule has 0 saturated carbocycles. The Balaban J connectivity index is 1.40. The minimum Gasteiger partial charge on any atom is -0.310 e. The highest BCUT2D eigenvalue weighted by Crippen LogP contribution is 2.45. The fourth-order valence-corrected chi connectivity index (χ4v) is 8.62. The van der Waals surface area contributed by atoms with Gasteiger partial charge in [0, 0.05) is 56.8 Å². The number of benzene rings is 8. The molecule has 0 aliphatic heterocycles. The van der Waals surface area contributed by atoms with Crippen molar-refractivity contribution < 1.29 is 9.59 Å². The SMILES string of the molecule is CN(C(=O)c1c(C=O)cccc1-n1c2c(-c3ccc(C#N)cc3C#N)cccc2c2cccc(-c3ccc(C#N)cc3C#N)c21)c1c(-c2ccccc2)cccc1-c1ccccc1. The summed E-state index contributed by atoms with van der Waals surface area (Å²) in [6, 6.07) is 60.9. The third-order valence-electron chi connectivity index (χ3n) is 11.4. The second kappa shape index (κ2) is 16.4. The average molecular weight is 809 g/mol. The van der Waals surface area contributed by atoms with E-state index in [1.54, 1.807) is 66.5 Å². The van der Waals surface area contributed by atoms with Gasteiger partial charge in [-0.1, -0.05) is 140 Å². The van der Waals surface area contributed by atoms with Crippen LogP contribution in [0.3, 0.4) is 0 Å². The van der Waals surface area contributed by atoms with E-state index in [-0.39, 0.29) is 22.3 Å². The van der Waals surface area contributed by atoms with Gasteiger partial charge in [-0.15, -0.1) is 0 Å². The monoisotopic (exact) mass is 808 g/mol. The maximum atomic E-state index is 15.7. The Bertz CT molecular complexity index is 3320. The molecule has 0 aliphatic rings. The smallest absolute Gasteiger partial charge is 0.260 e. The lowest BCUT2D eigenvalue weighted by Crippen LogP contribution is -2.29. The van der Waals surface area contributed by atoms with Crippen molar-refractivity contribution in [1.29, 1.82) is 21.0 Å². The number of fused-ring (bicyclic) bond motifs is 3. The van der Waals surface area contributed by atoms with Crippen LogP contribution in [0.5, 0.6) is 0 Å². The maximum Gasteiger partial charge on any atom is 0.260 e. The minimum absolute atomic E-state index is 0.126. The maximum absolute atomic E-state index is 15.7. The number of nitrogens with zero attached hydrogens (tertiary/aromatic N) is 6. The average Bonchev–Trinajstić information content (AvgIpc) is 3.70. The van der Waals surface area contributed by atoms with Gasteiger partial charge in [0.25, 0.3) is 5.91 Å². The Hall–Kier alpha value is -9.34. The second-order valence-corrected chi connectivity index (χ2v) is 14.9. The van der Waals surface area contributed by atoms with E-state index in [1.807, 2.05) is 120 Å². The van der Waals surface area contributed by atoms with E-state index in [9.17, 15) is 25.8 Å². The number of anilines is 1. The molecule has 9 aromatic rings. The standard InChI is InChI=1S/C55H32N6O2/c1-60(52-44(37-12-4-2-5-13-37)17-9-18-45(52)38-14-6-3-7-15-38)55(63)51-39(34-62)16-8-23-50(51)61-53-46(42-26-24-35(30-56)28-40(42)32-58)19-10-21-48(53)49-22-11-20-47(54(49)61)43-27-25-36(31-57)29-41(43)33-59/h2-29,34H,1H3. The zero-order chi connectivity index (χ0) is 43.6. The number of carbonyl (C=O) groups is 2. The van der Waals surface area contributed by atoms with Gasteiger partial charge < -0.3 is 9.47 Å². The number of rotatable bonds is 8. The molecule has 8 heteroatoms. The van der Waals surface area contributed by atoms with E-state index in [2.05, 4.69) is 24.3 Å². The van der Waals surface area contributed by atoms with Crippen LogP contribution < -0.4 is 4.90 Å². The first-order chi connectivity index (χ1) is 30.9. The summed E-state index contributed by atoms with van der Waals surface area (Å²) >= 11 is 0. The van der Waals surface area contributed by atoms with Crippen molar-refractivity contribution in [2.45, 2.75) is 0 Å². The fourth-order valence-electron chi connectivity index (χ4n) is 8.62. The number of para-hydroxylation sites is 3. The molecule has 8 aromatic carbocycles. The summed E-state index contributed by atoms with van der Waals surface area (Å²) in [5.41, 5.74) is 9.60. The van der Waals surface area contributed by atoms with Gasteiger partial charge in [-0.2, -0.15) is 21.0 Å². The van der Waals surface area contributed by atoms with Crippen LogP contribution >= 0.6 is 0 Å². The number of carbonyl (C=O) groups excluding carboxylic acids is 2. The highest BCUT2D eigenvalue weighted by Gasteiger charge is 2.29. The van der Waals surface area contributed by atoms with E-state index in [0.717, 1.165) is 33.0 Å². The lowest BCUT2D eigenvalue weighted by molar-refractivity contribution is 0.0986. The fraction of sp³-hybridized carbons (Fsp3) is 0.0182. The molecule has 0 unspecified atom stereocenters. The number of amides is 1. The first kappa shape index (κ1) is 39.1. The highest BCUT2D eigenvalue weighted by atomic mass is 16.2. The number of hydrogen-bond donors (Lipinski definition) is 0. The van der Waals surface area contributed by atoms with Crippen LogP contribution in [-0.2, 0) is 0 Å². The van der Waals surface area contributed by atoms with E-state index >= 15 is 4.79 Å². The molecular weight excluding hydrogens is 777 g/mol. The molecule has 0 bridgehead atoms. The van der Waals surface area contributed by atoms with E-state index in [4.69, 9.17) is 0 Å². The van der Waals surface area contributed by atoms with Crippen LogP contribution in [0.2, 0.25) is 0 Å². The van der Waals surface area contributed by atoms with Gasteiger partial charge in [0.15, 0.2) is 6.29 Å². The third-order valence-corrected chi connectivity index (χ3v) is 11.4. The van der Waals surface area contributed by atoms with Crippen molar-refractivity contribution in [3.05, 3.63) is 203 Å². The topological polar surface area (TPSA) is 137 Å². The third kappa shape index (κ3) is 6.64. The molecule has 8 nitrogen and oxygen atoms in total. The zero-order valence-electron chi connectivity index (χ0n) is 33.7. The summed E-state index contributed by atoms with van der Waals surface area (Å²) in [5, 5.41) is 41.9. The molecule has 63 heavy (non-hydrogen) atoms. The van der Waals surface area contributed by atoms with Gasteiger partial charge in [-0.3, -0.25) is 9.59 Å². The molecular formula is C55H32N6O2. The summed E-state index contributed by atoms with van der Waals surface area (Å²) < 4.78 is 1.95. The van der Waals surface area contributed by atoms with Crippen LogP contribution in [0.25, 0.3) is 72.0 Å². The van der Waals surface area contributed by atoms with Gasteiger partial charge in [0.05, 0.1) is 74.5 Å². The Kier molecular flexibility index (Phi) is 10.2. The molecule has 0 saturated heterocycles. The Morgan fingerprint density at radius 1 is 0.508 bits per heavy atom. The Morgan fingerprint density at radius 3 is 1.43 bits per heavy atom. The first-order valence-corrected chi connectivity index (χ1v) is 20.0. The molecule has 294 valence electrons. The van der Waals surface area contributed by atoms with Crippen molar-refractivity contribution in [2.24, 2.45) is 0 Å². The van der Waals surface area contributed by atoms with E-state index < -0.39 is 5.91 Å². The summed E-state index contributed by atoms with van der Waals surface area (Å²) in [6.07, 6.45) is 0.685. The van der Waals surface area contributed by atoms with Gasteiger partial charge in [-0.05, 0) is 41.5 Å². The summed E-state index contributed by atoms with van der Waals surface area (Å²) in [7, 11) is 1.72. The van der Waals surface area contributed by atoms with Crippen molar-refractivity contribution in [1.82, 2.24) is 4.57 Å². The molecule has 0 fully saturated rings. The van der Waals surface area contributed by atoms with E-state index in [1.165, 1.54) is 0 Å². The predicted octanol–water partition coefficient (Wildman–Crippen LogP) is 12.0. The normalized spacial score (nSPS) is 10.7. The van der Waals surface area contributed by atoms with Crippen LogP contribution in [0.1, 0.15) is 43.0 Å². The summed E-state index contributed by atoms with van der Waals surface area (Å²) in [4.78, 5) is 30.6. The van der Waals surface area contributed by atoms with Crippen molar-refractivity contribution in [2.75, 3.05) is 11.9 Å². The molecule has 0 atom stereocenters. The molecule has 0 spiro atoms. The highest BCUT2D eigenvalue weighted by molar-refractivity contribution is 6.20. The van der Waals surface area contributed by atoms with Gasteiger partial charge >= 0.3 is 0 Å². The lowest BCUT2D eigenvalue weighted by Gasteiger charge is -2.27.